The fraction of sp³-hybridized carbons (Fsp3) is 0.545. The largest absolute Gasteiger partial charge is 0.293 e. The van der Waals surface area contributed by atoms with Crippen LogP contribution in [0, 0.1) is 0 Å². The second kappa shape index (κ2) is 5.76. The first-order chi connectivity index (χ1) is 5.67. The Morgan fingerprint density at radius 2 is 2.08 bits per heavy atom. The van der Waals surface area contributed by atoms with Gasteiger partial charge in [0.05, 0.1) is 0 Å². The van der Waals surface area contributed by atoms with E-state index in [4.69, 9.17) is 0 Å². The molecule has 0 aliphatic carbocycles. The van der Waals surface area contributed by atoms with Gasteiger partial charge in [0.1, 0.15) is 0 Å². The van der Waals surface area contributed by atoms with Crippen LogP contribution in [-0.4, -0.2) is 12.8 Å². The zero-order valence-corrected chi connectivity index (χ0v) is 8.65. The van der Waals surface area contributed by atoms with Crippen molar-refractivity contribution in [2.45, 2.75) is 33.6 Å². The number of hydrogen-bond donors (Lipinski definition) is 0. The molecule has 0 aliphatic heterocycles. The summed E-state index contributed by atoms with van der Waals surface area (Å²) >= 11 is 0. The van der Waals surface area contributed by atoms with Gasteiger partial charge in [0.25, 0.3) is 0 Å². The van der Waals surface area contributed by atoms with Crippen LogP contribution in [-0.2, 0) is 0 Å². The molecule has 0 N–H and O–H groups in total. The van der Waals surface area contributed by atoms with E-state index < -0.39 is 0 Å². The van der Waals surface area contributed by atoms with Crippen molar-refractivity contribution < 1.29 is 0 Å². The van der Waals surface area contributed by atoms with Crippen molar-refractivity contribution in [2.24, 2.45) is 4.99 Å². The summed E-state index contributed by atoms with van der Waals surface area (Å²) in [6, 6.07) is 0. The molecule has 0 aliphatic rings. The van der Waals surface area contributed by atoms with E-state index in [1.165, 1.54) is 11.1 Å². The molecule has 0 bridgehead atoms. The van der Waals surface area contributed by atoms with E-state index in [9.17, 15) is 0 Å². The number of allylic oxidation sites excluding steroid dienone is 3. The molecule has 0 amide bonds. The summed E-state index contributed by atoms with van der Waals surface area (Å²) in [7, 11) is 1.82. The molecule has 1 nitrogen and oxygen atoms in total. The highest BCUT2D eigenvalue weighted by atomic mass is 14.7. The Kier molecular flexibility index (Phi) is 5.35. The van der Waals surface area contributed by atoms with Crippen molar-refractivity contribution in [3.63, 3.8) is 0 Å². The highest BCUT2D eigenvalue weighted by molar-refractivity contribution is 6.01. The smallest absolute Gasteiger partial charge is 0.0385 e. The molecule has 0 aromatic rings. The minimum absolute atomic E-state index is 1.06. The molecule has 0 radical (unpaired) electrons. The van der Waals surface area contributed by atoms with Crippen LogP contribution in [0.4, 0.5) is 0 Å². The number of aliphatic imine (C=N–C) groups is 1. The van der Waals surface area contributed by atoms with Gasteiger partial charge in [-0.05, 0) is 31.4 Å². The van der Waals surface area contributed by atoms with E-state index in [0.717, 1.165) is 18.6 Å². The first-order valence-electron chi connectivity index (χ1n) is 4.45. The second-order valence-corrected chi connectivity index (χ2v) is 2.86. The third kappa shape index (κ3) is 3.04. The number of hydrogen-bond acceptors (Lipinski definition) is 1. The average Bonchev–Trinajstić information content (AvgIpc) is 2.06. The maximum Gasteiger partial charge on any atom is 0.0385 e. The van der Waals surface area contributed by atoms with E-state index in [0.29, 0.717) is 0 Å². The van der Waals surface area contributed by atoms with E-state index in [2.05, 4.69) is 24.6 Å². The molecule has 0 spiro atoms. The van der Waals surface area contributed by atoms with Crippen molar-refractivity contribution in [1.29, 1.82) is 0 Å². The maximum absolute atomic E-state index is 4.15. The summed E-state index contributed by atoms with van der Waals surface area (Å²) in [4.78, 5) is 4.15. The average molecular weight is 165 g/mol. The number of rotatable bonds is 4. The Morgan fingerprint density at radius 1 is 1.50 bits per heavy atom. The molecular weight excluding hydrogens is 146 g/mol. The van der Waals surface area contributed by atoms with Gasteiger partial charge < -0.3 is 0 Å². The minimum atomic E-state index is 1.06. The molecule has 0 aromatic heterocycles. The van der Waals surface area contributed by atoms with Crippen molar-refractivity contribution in [1.82, 2.24) is 0 Å². The third-order valence-corrected chi connectivity index (χ3v) is 1.95. The van der Waals surface area contributed by atoms with Crippen LogP contribution in [0.25, 0.3) is 0 Å². The van der Waals surface area contributed by atoms with E-state index in [-0.39, 0.29) is 0 Å². The molecule has 12 heavy (non-hydrogen) atoms. The van der Waals surface area contributed by atoms with Crippen molar-refractivity contribution >= 4 is 5.71 Å². The lowest BCUT2D eigenvalue weighted by Crippen LogP contribution is -1.99. The molecule has 0 fully saturated rings. The van der Waals surface area contributed by atoms with Crippen LogP contribution < -0.4 is 0 Å². The van der Waals surface area contributed by atoms with Crippen LogP contribution in [0.2, 0.25) is 0 Å². The summed E-state index contributed by atoms with van der Waals surface area (Å²) < 4.78 is 0. The maximum atomic E-state index is 4.15. The highest BCUT2D eigenvalue weighted by Crippen LogP contribution is 2.15. The van der Waals surface area contributed by atoms with Crippen molar-refractivity contribution in [2.75, 3.05) is 7.05 Å². The fourth-order valence-corrected chi connectivity index (χ4v) is 1.23. The van der Waals surface area contributed by atoms with Gasteiger partial charge in [-0.25, -0.2) is 0 Å². The Morgan fingerprint density at radius 3 is 2.42 bits per heavy atom. The first-order valence-corrected chi connectivity index (χ1v) is 4.45. The fourth-order valence-electron chi connectivity index (χ4n) is 1.23. The second-order valence-electron chi connectivity index (χ2n) is 2.86. The highest BCUT2D eigenvalue weighted by Gasteiger charge is 2.02. The van der Waals surface area contributed by atoms with Crippen LogP contribution in [0.3, 0.4) is 0 Å². The minimum Gasteiger partial charge on any atom is -0.293 e. The lowest BCUT2D eigenvalue weighted by atomic mass is 9.99. The zero-order chi connectivity index (χ0) is 9.56. The van der Waals surface area contributed by atoms with Gasteiger partial charge in [0, 0.05) is 12.8 Å². The van der Waals surface area contributed by atoms with Crippen LogP contribution >= 0.6 is 0 Å². The first kappa shape index (κ1) is 11.2. The molecule has 0 aromatic carbocycles. The van der Waals surface area contributed by atoms with Crippen molar-refractivity contribution in [3.8, 4) is 0 Å². The van der Waals surface area contributed by atoms with Crippen LogP contribution in [0.15, 0.2) is 28.8 Å². The summed E-state index contributed by atoms with van der Waals surface area (Å²) in [6.45, 7) is 10.3. The lowest BCUT2D eigenvalue weighted by Gasteiger charge is -2.08. The van der Waals surface area contributed by atoms with E-state index in [1.54, 1.807) is 0 Å². The molecule has 0 rings (SSSR count). The molecule has 0 unspecified atom stereocenters. The van der Waals surface area contributed by atoms with Gasteiger partial charge in [0.2, 0.25) is 0 Å². The van der Waals surface area contributed by atoms with Gasteiger partial charge in [-0.15, -0.1) is 0 Å². The Balaban J connectivity index is 4.48. The molecule has 0 heterocycles. The normalized spacial score (nSPS) is 13.3. The molecule has 0 saturated heterocycles. The van der Waals surface area contributed by atoms with Gasteiger partial charge in [-0.2, -0.15) is 0 Å². The topological polar surface area (TPSA) is 12.4 Å². The van der Waals surface area contributed by atoms with Crippen molar-refractivity contribution in [3.05, 3.63) is 23.8 Å². The molecule has 68 valence electrons. The summed E-state index contributed by atoms with van der Waals surface area (Å²) in [5, 5.41) is 0. The summed E-state index contributed by atoms with van der Waals surface area (Å²) in [5.74, 6) is 0. The van der Waals surface area contributed by atoms with E-state index in [1.807, 2.05) is 20.9 Å². The predicted molar refractivity (Wildman–Crippen MR) is 56.8 cm³/mol. The molecule has 0 saturated carbocycles. The van der Waals surface area contributed by atoms with Gasteiger partial charge in [-0.3, -0.25) is 4.99 Å². The summed E-state index contributed by atoms with van der Waals surface area (Å²) in [6.07, 6.45) is 4.29. The van der Waals surface area contributed by atoms with Gasteiger partial charge in [0.15, 0.2) is 0 Å². The Hall–Kier alpha value is -0.850. The quantitative estimate of drug-likeness (QED) is 0.447. The Bertz CT molecular complexity index is 209. The predicted octanol–water partition coefficient (Wildman–Crippen LogP) is 3.38. The van der Waals surface area contributed by atoms with Gasteiger partial charge >= 0.3 is 0 Å². The Labute approximate surface area is 75.9 Å². The monoisotopic (exact) mass is 165 g/mol. The van der Waals surface area contributed by atoms with Crippen LogP contribution in [0.5, 0.6) is 0 Å². The van der Waals surface area contributed by atoms with Gasteiger partial charge in [-0.1, -0.05) is 26.0 Å². The van der Waals surface area contributed by atoms with Crippen LogP contribution in [0.1, 0.15) is 33.6 Å². The summed E-state index contributed by atoms with van der Waals surface area (Å²) in [5.41, 5.74) is 3.48. The lowest BCUT2D eigenvalue weighted by molar-refractivity contribution is 0.923. The third-order valence-electron chi connectivity index (χ3n) is 1.95. The zero-order valence-electron chi connectivity index (χ0n) is 8.65. The van der Waals surface area contributed by atoms with E-state index >= 15 is 0 Å². The number of nitrogens with zero attached hydrogens (tertiary/aromatic N) is 1. The molecule has 1 heteroatoms. The molecule has 0 atom stereocenters. The standard InChI is InChI=1S/C11H19N/c1-6-8-9(3)11(7-2)10(4)12-5/h7H,3,6,8H2,1-2,4-5H3/b11-7-,12-10-. The SMILES string of the molecule is C=C(CCC)C(=C/C)/C(C)=N\C. The molecular formula is C11H19N.